The van der Waals surface area contributed by atoms with Gasteiger partial charge in [-0.2, -0.15) is 12.6 Å². The average Bonchev–Trinajstić information content (AvgIpc) is 3.58. The van der Waals surface area contributed by atoms with Crippen LogP contribution in [0.1, 0.15) is 92.7 Å². The van der Waals surface area contributed by atoms with E-state index in [1.807, 2.05) is 152 Å². The Bertz CT molecular complexity index is 2820. The number of benzene rings is 6. The molecule has 1 spiro atoms. The van der Waals surface area contributed by atoms with E-state index < -0.39 is 93.9 Å². The molecule has 6 aromatic carbocycles. The highest BCUT2D eigenvalue weighted by atomic mass is 32.2. The summed E-state index contributed by atoms with van der Waals surface area (Å²) in [4.78, 5) is 87.6. The maximum atomic E-state index is 15.8. The molecule has 4 N–H and O–H groups in total. The predicted octanol–water partition coefficient (Wildman–Crippen LogP) is 9.41. The van der Waals surface area contributed by atoms with E-state index in [1.165, 1.54) is 0 Å². The molecule has 1 heterocycles. The van der Waals surface area contributed by atoms with Crippen LogP contribution < -0.4 is 21.3 Å². The lowest BCUT2D eigenvalue weighted by Gasteiger charge is -2.50. The second-order valence-electron chi connectivity index (χ2n) is 20.7. The molecule has 4 amide bonds. The lowest BCUT2D eigenvalue weighted by molar-refractivity contribution is -0.155. The molecular formula is C64H68N4O8S2. The number of carbonyl (C=O) groups excluding carboxylic acids is 6. The molecule has 0 radical (unpaired) electrons. The molecule has 2 unspecified atom stereocenters. The van der Waals surface area contributed by atoms with E-state index in [2.05, 4.69) is 70.3 Å². The van der Waals surface area contributed by atoms with Gasteiger partial charge in [-0.25, -0.2) is 0 Å². The van der Waals surface area contributed by atoms with Gasteiger partial charge in [0, 0.05) is 6.42 Å². The number of amides is 4. The molecule has 78 heavy (non-hydrogen) atoms. The van der Waals surface area contributed by atoms with Crippen LogP contribution in [0.3, 0.4) is 0 Å². The van der Waals surface area contributed by atoms with Gasteiger partial charge in [0.2, 0.25) is 23.6 Å². The lowest BCUT2D eigenvalue weighted by Crippen LogP contribution is -2.72. The van der Waals surface area contributed by atoms with Gasteiger partial charge in [0.1, 0.15) is 35.9 Å². The quantitative estimate of drug-likeness (QED) is 0.0209. The fourth-order valence-electron chi connectivity index (χ4n) is 10.7. The summed E-state index contributed by atoms with van der Waals surface area (Å²) in [6.07, 6.45) is 2.76. The van der Waals surface area contributed by atoms with Crippen molar-refractivity contribution in [1.82, 2.24) is 21.3 Å². The third-order valence-electron chi connectivity index (χ3n) is 14.5. The number of hydrogen-bond acceptors (Lipinski definition) is 10. The summed E-state index contributed by atoms with van der Waals surface area (Å²) in [5, 5.41) is 11.8. The smallest absolute Gasteiger partial charge is 0.326 e. The van der Waals surface area contributed by atoms with E-state index >= 15 is 9.59 Å². The summed E-state index contributed by atoms with van der Waals surface area (Å²) < 4.78 is 11.0. The molecule has 404 valence electrons. The first kappa shape index (κ1) is 56.8. The summed E-state index contributed by atoms with van der Waals surface area (Å²) in [6, 6.07) is 56.0. The van der Waals surface area contributed by atoms with E-state index in [0.717, 1.165) is 16.7 Å². The normalized spacial score (nSPS) is 20.8. The minimum atomic E-state index is -1.54. The average molecular weight is 1090 g/mol. The maximum Gasteiger partial charge on any atom is 0.326 e. The summed E-state index contributed by atoms with van der Waals surface area (Å²) in [5.41, 5.74) is 1.41. The third kappa shape index (κ3) is 12.9. The number of allylic oxidation sites excluding steroid dienone is 1. The van der Waals surface area contributed by atoms with Gasteiger partial charge in [0.25, 0.3) is 0 Å². The number of rotatable bonds is 16. The minimum absolute atomic E-state index is 0.215. The Labute approximate surface area is 467 Å². The van der Waals surface area contributed by atoms with Crippen LogP contribution in [0.4, 0.5) is 0 Å². The molecule has 5 atom stereocenters. The number of cyclic esters (lactones) is 1. The zero-order valence-electron chi connectivity index (χ0n) is 44.3. The Balaban J connectivity index is 1.16. The number of thiol groups is 1. The van der Waals surface area contributed by atoms with Crippen molar-refractivity contribution in [3.8, 4) is 0 Å². The first-order chi connectivity index (χ1) is 37.7. The zero-order valence-corrected chi connectivity index (χ0v) is 46.0. The fourth-order valence-corrected chi connectivity index (χ4v) is 12.7. The molecule has 8 rings (SSSR count). The molecule has 1 aliphatic carbocycles. The van der Waals surface area contributed by atoms with Gasteiger partial charge < -0.3 is 30.7 Å². The standard InChI is InChI=1S/C64H68N4O8S2/c1-61(2,3)76-55(70)38-37-53-58(72)67-57(63(45-24-10-4-11-25-45,46-26-12-5-13-27-46)47-28-14-6-15-29-47)59(73)68-62(40-39-51(62)44-77)60(74)65-43-56(71)75-52(42-54(69)66-53)36-22-23-41-78-64(48-30-16-7-17-31-48,49-32-18-8-19-33-49)50-34-20-9-21-35-50/h4-22,24-36,51-53,57,77H,23,37-44H2,1-3H3,(H,65,74)(H,66,69)(H,67,72)(H,68,73)/b36-22+/t51?,52-,53+,57-,62?/m0/s1. The second kappa shape index (κ2) is 25.8. The Hall–Kier alpha value is -7.42. The largest absolute Gasteiger partial charge is 0.460 e. The van der Waals surface area contributed by atoms with Gasteiger partial charge in [0.15, 0.2) is 0 Å². The molecule has 1 saturated carbocycles. The minimum Gasteiger partial charge on any atom is -0.460 e. The van der Waals surface area contributed by atoms with Crippen LogP contribution in [0, 0.1) is 5.92 Å². The Morgan fingerprint density at radius 1 is 0.679 bits per heavy atom. The van der Waals surface area contributed by atoms with Crippen LogP contribution >= 0.6 is 24.4 Å². The number of nitrogens with one attached hydrogen (secondary N) is 4. The molecule has 0 bridgehead atoms. The van der Waals surface area contributed by atoms with Crippen molar-refractivity contribution in [3.05, 3.63) is 228 Å². The van der Waals surface area contributed by atoms with Crippen molar-refractivity contribution in [1.29, 1.82) is 0 Å². The van der Waals surface area contributed by atoms with E-state index in [0.29, 0.717) is 35.3 Å². The van der Waals surface area contributed by atoms with Gasteiger partial charge >= 0.3 is 11.9 Å². The molecule has 2 fully saturated rings. The number of thioether (sulfide) groups is 1. The van der Waals surface area contributed by atoms with Crippen LogP contribution in [0.2, 0.25) is 0 Å². The number of ether oxygens (including phenoxy) is 2. The highest BCUT2D eigenvalue weighted by Gasteiger charge is 2.56. The molecule has 12 nitrogen and oxygen atoms in total. The molecular weight excluding hydrogens is 1020 g/mol. The SMILES string of the molecule is CC(C)(C)OC(=O)CC[C@H]1NC(=O)C[C@H](/C=C/CCSC(c2ccccc2)(c2ccccc2)c2ccccc2)OC(=O)CNC(=O)C2(CCC2CS)NC(=O)[C@@H](C(c2ccccc2)(c2ccccc2)c2ccccc2)NC1=O. The summed E-state index contributed by atoms with van der Waals surface area (Å²) in [5.74, 6) is -3.79. The van der Waals surface area contributed by atoms with Gasteiger partial charge in [-0.05, 0) is 103 Å². The first-order valence-electron chi connectivity index (χ1n) is 26.6. The molecule has 0 aromatic heterocycles. The number of hydrogen-bond donors (Lipinski definition) is 5. The van der Waals surface area contributed by atoms with Crippen molar-refractivity contribution in [2.45, 2.75) is 98.8 Å². The summed E-state index contributed by atoms with van der Waals surface area (Å²) in [6.45, 7) is 4.64. The Morgan fingerprint density at radius 2 is 1.15 bits per heavy atom. The van der Waals surface area contributed by atoms with Gasteiger partial charge in [-0.1, -0.05) is 188 Å². The zero-order chi connectivity index (χ0) is 55.2. The van der Waals surface area contributed by atoms with Gasteiger partial charge in [-0.3, -0.25) is 28.8 Å². The number of carbonyl (C=O) groups is 6. The van der Waals surface area contributed by atoms with Crippen molar-refractivity contribution < 1.29 is 38.2 Å². The monoisotopic (exact) mass is 1080 g/mol. The molecule has 6 aromatic rings. The first-order valence-corrected chi connectivity index (χ1v) is 28.2. The van der Waals surface area contributed by atoms with Crippen LogP contribution in [0.15, 0.2) is 194 Å². The second-order valence-corrected chi connectivity index (χ2v) is 22.4. The molecule has 1 saturated heterocycles. The van der Waals surface area contributed by atoms with Gasteiger partial charge in [0.05, 0.1) is 16.6 Å². The lowest BCUT2D eigenvalue weighted by atomic mass is 9.63. The van der Waals surface area contributed by atoms with Crippen LogP contribution in [-0.4, -0.2) is 82.9 Å². The van der Waals surface area contributed by atoms with Crippen molar-refractivity contribution >= 4 is 60.0 Å². The fraction of sp³-hybridized carbons (Fsp3) is 0.312. The summed E-state index contributed by atoms with van der Waals surface area (Å²) >= 11 is 6.38. The predicted molar refractivity (Wildman–Crippen MR) is 309 cm³/mol. The highest BCUT2D eigenvalue weighted by molar-refractivity contribution is 8.00. The molecule has 14 heteroatoms. The topological polar surface area (TPSA) is 169 Å². The van der Waals surface area contributed by atoms with E-state index in [-0.39, 0.29) is 25.0 Å². The van der Waals surface area contributed by atoms with Gasteiger partial charge in [-0.15, -0.1) is 11.8 Å². The van der Waals surface area contributed by atoms with Crippen LogP contribution in [-0.2, 0) is 48.4 Å². The van der Waals surface area contributed by atoms with Crippen molar-refractivity contribution in [2.75, 3.05) is 18.1 Å². The van der Waals surface area contributed by atoms with Crippen LogP contribution in [0.5, 0.6) is 0 Å². The third-order valence-corrected chi connectivity index (χ3v) is 16.5. The molecule has 1 aliphatic heterocycles. The Kier molecular flexibility index (Phi) is 18.8. The number of esters is 2. The van der Waals surface area contributed by atoms with Crippen molar-refractivity contribution in [3.63, 3.8) is 0 Å². The Morgan fingerprint density at radius 3 is 1.59 bits per heavy atom. The van der Waals surface area contributed by atoms with E-state index in [4.69, 9.17) is 9.47 Å². The molecule has 2 aliphatic rings. The van der Waals surface area contributed by atoms with E-state index in [1.54, 1.807) is 38.6 Å². The van der Waals surface area contributed by atoms with E-state index in [9.17, 15) is 19.2 Å². The summed E-state index contributed by atoms with van der Waals surface area (Å²) in [7, 11) is 0. The maximum absolute atomic E-state index is 15.8. The van der Waals surface area contributed by atoms with Crippen LogP contribution in [0.25, 0.3) is 0 Å². The van der Waals surface area contributed by atoms with Crippen molar-refractivity contribution in [2.24, 2.45) is 5.92 Å². The highest BCUT2D eigenvalue weighted by Crippen LogP contribution is 2.49.